The third kappa shape index (κ3) is 4.40. The number of fused-ring (bicyclic) bond motifs is 6. The fraction of sp³-hybridized carbons (Fsp3) is 0.111. The molecule has 2 nitrogen and oxygen atoms in total. The maximum absolute atomic E-state index is 2.50. The van der Waals surface area contributed by atoms with E-state index in [1.165, 1.54) is 61.7 Å². The highest BCUT2D eigenvalue weighted by atomic mass is 15.2. The summed E-state index contributed by atoms with van der Waals surface area (Å²) < 4.78 is 0. The number of benzene rings is 6. The van der Waals surface area contributed by atoms with Gasteiger partial charge in [-0.25, -0.2) is 0 Å². The van der Waals surface area contributed by atoms with Crippen LogP contribution >= 0.6 is 0 Å². The van der Waals surface area contributed by atoms with Gasteiger partial charge in [0.25, 0.3) is 0 Å². The Morgan fingerprint density at radius 3 is 2.02 bits per heavy atom. The molecule has 2 atom stereocenters. The van der Waals surface area contributed by atoms with E-state index >= 15 is 0 Å². The lowest BCUT2D eigenvalue weighted by atomic mass is 9.82. The predicted molar refractivity (Wildman–Crippen MR) is 197 cm³/mol. The Morgan fingerprint density at radius 2 is 1.21 bits per heavy atom. The Balaban J connectivity index is 1.18. The summed E-state index contributed by atoms with van der Waals surface area (Å²) in [6.07, 6.45) is 7.23. The highest BCUT2D eigenvalue weighted by Gasteiger charge is 2.39. The van der Waals surface area contributed by atoms with Crippen molar-refractivity contribution in [2.75, 3.05) is 9.80 Å². The van der Waals surface area contributed by atoms with Crippen molar-refractivity contribution in [3.63, 3.8) is 0 Å². The van der Waals surface area contributed by atoms with E-state index in [0.717, 1.165) is 5.69 Å². The van der Waals surface area contributed by atoms with Crippen molar-refractivity contribution in [2.45, 2.75) is 31.2 Å². The van der Waals surface area contributed by atoms with Gasteiger partial charge in [0, 0.05) is 39.8 Å². The van der Waals surface area contributed by atoms with Crippen molar-refractivity contribution in [1.29, 1.82) is 0 Å². The van der Waals surface area contributed by atoms with Gasteiger partial charge in [-0.2, -0.15) is 0 Å². The van der Waals surface area contributed by atoms with E-state index in [1.807, 2.05) is 0 Å². The second-order valence-electron chi connectivity index (χ2n) is 13.4. The lowest BCUT2D eigenvalue weighted by Gasteiger charge is -2.34. The lowest BCUT2D eigenvalue weighted by Crippen LogP contribution is -2.30. The van der Waals surface area contributed by atoms with Crippen molar-refractivity contribution < 1.29 is 0 Å². The van der Waals surface area contributed by atoms with Crippen molar-refractivity contribution in [2.24, 2.45) is 0 Å². The fourth-order valence-electron chi connectivity index (χ4n) is 8.09. The molecule has 2 aliphatic carbocycles. The summed E-state index contributed by atoms with van der Waals surface area (Å²) in [4.78, 5) is 4.95. The number of nitrogens with zero attached hydrogens (tertiary/aromatic N) is 2. The molecular weight excluding hydrogens is 569 g/mol. The van der Waals surface area contributed by atoms with Crippen LogP contribution in [-0.2, 0) is 5.41 Å². The smallest absolute Gasteiger partial charge is 0.0631 e. The van der Waals surface area contributed by atoms with Gasteiger partial charge in [0.2, 0.25) is 0 Å². The Kier molecular flexibility index (Phi) is 6.33. The summed E-state index contributed by atoms with van der Waals surface area (Å²) in [6.45, 7) is 4.72. The molecule has 226 valence electrons. The average Bonchev–Trinajstić information content (AvgIpc) is 3.58. The van der Waals surface area contributed by atoms with E-state index in [2.05, 4.69) is 194 Å². The maximum Gasteiger partial charge on any atom is 0.0631 e. The Morgan fingerprint density at radius 1 is 0.574 bits per heavy atom. The average molecular weight is 605 g/mol. The van der Waals surface area contributed by atoms with Gasteiger partial charge in [0.1, 0.15) is 0 Å². The topological polar surface area (TPSA) is 6.48 Å². The quantitative estimate of drug-likeness (QED) is 0.193. The molecular formula is C45H36N2. The summed E-state index contributed by atoms with van der Waals surface area (Å²) in [6, 6.07) is 55.6. The van der Waals surface area contributed by atoms with Crippen LogP contribution in [0.1, 0.15) is 36.5 Å². The van der Waals surface area contributed by atoms with Crippen molar-refractivity contribution >= 4 is 22.7 Å². The van der Waals surface area contributed by atoms with Crippen LogP contribution in [0.2, 0.25) is 0 Å². The first-order valence-corrected chi connectivity index (χ1v) is 16.6. The Hall–Kier alpha value is -5.60. The number of rotatable bonds is 5. The van der Waals surface area contributed by atoms with E-state index in [0.29, 0.717) is 0 Å². The van der Waals surface area contributed by atoms with Gasteiger partial charge >= 0.3 is 0 Å². The SMILES string of the molecule is CC1(C)c2ccccc2-c2ccc(N(C3=CC4c5ccccc5N(c5ccccc5)C4C=C3)c3ccc(-c4ccccc4)cc3)cc21. The van der Waals surface area contributed by atoms with Crippen LogP contribution in [0.25, 0.3) is 22.3 Å². The zero-order valence-corrected chi connectivity index (χ0v) is 26.7. The van der Waals surface area contributed by atoms with Gasteiger partial charge in [-0.1, -0.05) is 135 Å². The third-order valence-electron chi connectivity index (χ3n) is 10.4. The monoisotopic (exact) mass is 604 g/mol. The summed E-state index contributed by atoms with van der Waals surface area (Å²) in [5, 5.41) is 0. The van der Waals surface area contributed by atoms with Crippen LogP contribution in [0.3, 0.4) is 0 Å². The van der Waals surface area contributed by atoms with Gasteiger partial charge in [-0.05, 0) is 87.5 Å². The number of para-hydroxylation sites is 2. The molecule has 1 heterocycles. The van der Waals surface area contributed by atoms with Crippen molar-refractivity contribution in [3.05, 3.63) is 192 Å². The number of hydrogen-bond donors (Lipinski definition) is 0. The Labute approximate surface area is 277 Å². The highest BCUT2D eigenvalue weighted by molar-refractivity contribution is 5.85. The first-order chi connectivity index (χ1) is 23.1. The third-order valence-corrected chi connectivity index (χ3v) is 10.4. The van der Waals surface area contributed by atoms with E-state index in [1.54, 1.807) is 0 Å². The molecule has 2 heteroatoms. The van der Waals surface area contributed by atoms with Gasteiger partial charge in [0.05, 0.1) is 6.04 Å². The molecule has 0 bridgehead atoms. The van der Waals surface area contributed by atoms with Crippen LogP contribution in [0.4, 0.5) is 22.7 Å². The van der Waals surface area contributed by atoms with E-state index in [9.17, 15) is 0 Å². The molecule has 0 amide bonds. The number of hydrogen-bond acceptors (Lipinski definition) is 2. The maximum atomic E-state index is 2.50. The van der Waals surface area contributed by atoms with Gasteiger partial charge in [0.15, 0.2) is 0 Å². The highest BCUT2D eigenvalue weighted by Crippen LogP contribution is 2.52. The first kappa shape index (κ1) is 27.7. The Bertz CT molecular complexity index is 2170. The molecule has 0 spiro atoms. The van der Waals surface area contributed by atoms with Crippen LogP contribution < -0.4 is 9.80 Å². The normalized spacial score (nSPS) is 18.2. The first-order valence-electron chi connectivity index (χ1n) is 16.6. The van der Waals surface area contributed by atoms with Crippen LogP contribution in [-0.4, -0.2) is 6.04 Å². The second-order valence-corrected chi connectivity index (χ2v) is 13.4. The summed E-state index contributed by atoms with van der Waals surface area (Å²) in [7, 11) is 0. The molecule has 2 unspecified atom stereocenters. The summed E-state index contributed by atoms with van der Waals surface area (Å²) >= 11 is 0. The predicted octanol–water partition coefficient (Wildman–Crippen LogP) is 11.6. The minimum Gasteiger partial charge on any atom is -0.333 e. The minimum absolute atomic E-state index is 0.0762. The van der Waals surface area contributed by atoms with Gasteiger partial charge in [-0.15, -0.1) is 0 Å². The lowest BCUT2D eigenvalue weighted by molar-refractivity contribution is 0.660. The zero-order chi connectivity index (χ0) is 31.5. The second kappa shape index (κ2) is 10.7. The molecule has 47 heavy (non-hydrogen) atoms. The summed E-state index contributed by atoms with van der Waals surface area (Å²) in [5.41, 5.74) is 15.2. The largest absolute Gasteiger partial charge is 0.333 e. The molecule has 0 saturated heterocycles. The van der Waals surface area contributed by atoms with Gasteiger partial charge in [-0.3, -0.25) is 0 Å². The van der Waals surface area contributed by atoms with E-state index in [-0.39, 0.29) is 17.4 Å². The molecule has 6 aromatic carbocycles. The fourth-order valence-corrected chi connectivity index (χ4v) is 8.09. The van der Waals surface area contributed by atoms with Crippen molar-refractivity contribution in [3.8, 4) is 22.3 Å². The molecule has 0 N–H and O–H groups in total. The number of allylic oxidation sites excluding steroid dienone is 1. The van der Waals surface area contributed by atoms with Gasteiger partial charge < -0.3 is 9.80 Å². The number of anilines is 4. The van der Waals surface area contributed by atoms with E-state index in [4.69, 9.17) is 0 Å². The van der Waals surface area contributed by atoms with Crippen LogP contribution in [0.15, 0.2) is 176 Å². The van der Waals surface area contributed by atoms with Crippen LogP contribution in [0, 0.1) is 0 Å². The summed E-state index contributed by atoms with van der Waals surface area (Å²) in [5.74, 6) is 0.229. The minimum atomic E-state index is -0.0762. The molecule has 9 rings (SSSR count). The standard InChI is InChI=1S/C45H36N2/c1-45(2)41-19-11-9-17-37(41)38-27-25-36(30-42(38)45)46(34-23-21-32(22-24-34)31-13-5-3-6-14-31)35-26-28-44-40(29-35)39-18-10-12-20-43(39)47(44)33-15-7-4-8-16-33/h3-30,40,44H,1-2H3. The van der Waals surface area contributed by atoms with Crippen molar-refractivity contribution in [1.82, 2.24) is 0 Å². The molecule has 0 saturated carbocycles. The molecule has 0 radical (unpaired) electrons. The zero-order valence-electron chi connectivity index (χ0n) is 26.7. The van der Waals surface area contributed by atoms with Crippen LogP contribution in [0.5, 0.6) is 0 Å². The molecule has 3 aliphatic rings. The molecule has 6 aromatic rings. The van der Waals surface area contributed by atoms with E-state index < -0.39 is 0 Å². The molecule has 0 aromatic heterocycles. The molecule has 0 fully saturated rings. The molecule has 1 aliphatic heterocycles.